The third-order valence-electron chi connectivity index (χ3n) is 5.02. The van der Waals surface area contributed by atoms with Crippen LogP contribution in [0.15, 0.2) is 85.3 Å². The highest BCUT2D eigenvalue weighted by molar-refractivity contribution is 6.03. The van der Waals surface area contributed by atoms with Gasteiger partial charge in [-0.05, 0) is 36.3 Å². The lowest BCUT2D eigenvalue weighted by atomic mass is 10.1. The fourth-order valence-corrected chi connectivity index (χ4v) is 3.34. The van der Waals surface area contributed by atoms with Gasteiger partial charge in [0, 0.05) is 47.9 Å². The summed E-state index contributed by atoms with van der Waals surface area (Å²) >= 11 is 0. The Morgan fingerprint density at radius 3 is 2.70 bits per heavy atom. The maximum Gasteiger partial charge on any atom is 0.271 e. The number of amides is 1. The first kappa shape index (κ1) is 21.6. The molecule has 0 unspecified atom stereocenters. The summed E-state index contributed by atoms with van der Waals surface area (Å²) in [5, 5.41) is 18.4. The van der Waals surface area contributed by atoms with Gasteiger partial charge in [-0.15, -0.1) is 0 Å². The molecule has 1 amide bonds. The Kier molecular flexibility index (Phi) is 6.36. The SMILES string of the molecule is Cc1ccc([N+](=O)[O-])cc1NC(=O)/C=C/c1cn(Cc2ccccc2)nc1-c1cccnc1. The number of aromatic nitrogens is 3. The highest BCUT2D eigenvalue weighted by atomic mass is 16.6. The van der Waals surface area contributed by atoms with Crippen LogP contribution in [0.5, 0.6) is 0 Å². The third kappa shape index (κ3) is 5.37. The minimum Gasteiger partial charge on any atom is -0.322 e. The van der Waals surface area contributed by atoms with Crippen LogP contribution in [0.3, 0.4) is 0 Å². The average Bonchev–Trinajstić information content (AvgIpc) is 3.23. The summed E-state index contributed by atoms with van der Waals surface area (Å²) in [5.41, 5.74) is 4.44. The first-order valence-corrected chi connectivity index (χ1v) is 10.3. The summed E-state index contributed by atoms with van der Waals surface area (Å²) in [6.45, 7) is 2.36. The molecule has 0 atom stereocenters. The van der Waals surface area contributed by atoms with Crippen LogP contribution >= 0.6 is 0 Å². The molecule has 2 aromatic heterocycles. The fraction of sp³-hybridized carbons (Fsp3) is 0.0800. The van der Waals surface area contributed by atoms with E-state index in [1.165, 1.54) is 18.2 Å². The number of aryl methyl sites for hydroxylation is 1. The molecule has 2 aromatic carbocycles. The number of pyridine rings is 1. The molecule has 0 radical (unpaired) electrons. The molecule has 0 bridgehead atoms. The number of hydrogen-bond donors (Lipinski definition) is 1. The van der Waals surface area contributed by atoms with Gasteiger partial charge in [-0.25, -0.2) is 0 Å². The van der Waals surface area contributed by atoms with Crippen molar-refractivity contribution in [2.24, 2.45) is 0 Å². The quantitative estimate of drug-likeness (QED) is 0.252. The van der Waals surface area contributed by atoms with E-state index in [0.29, 0.717) is 17.9 Å². The Hall–Kier alpha value is -4.59. The minimum atomic E-state index is -0.494. The van der Waals surface area contributed by atoms with Crippen LogP contribution in [0.4, 0.5) is 11.4 Å². The number of nitrogens with zero attached hydrogens (tertiary/aromatic N) is 4. The first-order chi connectivity index (χ1) is 16.0. The van der Waals surface area contributed by atoms with Gasteiger partial charge in [0.1, 0.15) is 5.69 Å². The number of carbonyl (C=O) groups excluding carboxylic acids is 1. The molecule has 0 saturated carbocycles. The molecule has 33 heavy (non-hydrogen) atoms. The van der Waals surface area contributed by atoms with Crippen LogP contribution in [-0.4, -0.2) is 25.6 Å². The summed E-state index contributed by atoms with van der Waals surface area (Å²) in [5.74, 6) is -0.397. The minimum absolute atomic E-state index is 0.0825. The van der Waals surface area contributed by atoms with Gasteiger partial charge in [0.05, 0.1) is 17.2 Å². The van der Waals surface area contributed by atoms with Crippen LogP contribution in [0.2, 0.25) is 0 Å². The fourth-order valence-electron chi connectivity index (χ4n) is 3.34. The molecule has 0 aliphatic carbocycles. The van der Waals surface area contributed by atoms with E-state index in [0.717, 1.165) is 22.3 Å². The van der Waals surface area contributed by atoms with E-state index in [4.69, 9.17) is 5.10 Å². The molecule has 0 fully saturated rings. The van der Waals surface area contributed by atoms with Crippen molar-refractivity contribution in [3.05, 3.63) is 112 Å². The van der Waals surface area contributed by atoms with E-state index in [2.05, 4.69) is 10.3 Å². The maximum atomic E-state index is 12.6. The van der Waals surface area contributed by atoms with Gasteiger partial charge in [-0.2, -0.15) is 5.10 Å². The molecule has 4 rings (SSSR count). The van der Waals surface area contributed by atoms with E-state index in [-0.39, 0.29) is 5.69 Å². The molecule has 1 N–H and O–H groups in total. The van der Waals surface area contributed by atoms with Crippen molar-refractivity contribution in [3.8, 4) is 11.3 Å². The number of non-ortho nitro benzene ring substituents is 1. The zero-order valence-corrected chi connectivity index (χ0v) is 17.9. The van der Waals surface area contributed by atoms with Crippen molar-refractivity contribution >= 4 is 23.4 Å². The summed E-state index contributed by atoms with van der Waals surface area (Å²) < 4.78 is 1.82. The standard InChI is InChI=1S/C25H21N5O3/c1-18-9-11-22(30(32)33)14-23(18)27-24(31)12-10-21-17-29(16-19-6-3-2-4-7-19)28-25(21)20-8-5-13-26-15-20/h2-15,17H,16H2,1H3,(H,27,31)/b12-10+. The number of rotatable bonds is 7. The van der Waals surface area contributed by atoms with Crippen molar-refractivity contribution in [2.45, 2.75) is 13.5 Å². The second-order valence-electron chi connectivity index (χ2n) is 7.44. The van der Waals surface area contributed by atoms with Crippen LogP contribution in [0, 0.1) is 17.0 Å². The molecule has 0 spiro atoms. The highest BCUT2D eigenvalue weighted by Gasteiger charge is 2.12. The summed E-state index contributed by atoms with van der Waals surface area (Å²) in [6, 6.07) is 18.1. The van der Waals surface area contributed by atoms with Gasteiger partial charge >= 0.3 is 0 Å². The normalized spacial score (nSPS) is 10.9. The molecule has 8 heteroatoms. The monoisotopic (exact) mass is 439 g/mol. The topological polar surface area (TPSA) is 103 Å². The molecule has 164 valence electrons. The summed E-state index contributed by atoms with van der Waals surface area (Å²) in [7, 11) is 0. The summed E-state index contributed by atoms with van der Waals surface area (Å²) in [4.78, 5) is 27.3. The number of hydrogen-bond acceptors (Lipinski definition) is 5. The predicted octanol–water partition coefficient (Wildman–Crippen LogP) is 4.86. The zero-order chi connectivity index (χ0) is 23.2. The Bertz CT molecular complexity index is 1310. The van der Waals surface area contributed by atoms with Crippen LogP contribution in [0.25, 0.3) is 17.3 Å². The van der Waals surface area contributed by atoms with Crippen molar-refractivity contribution in [3.63, 3.8) is 0 Å². The molecule has 4 aromatic rings. The lowest BCUT2D eigenvalue weighted by Gasteiger charge is -2.06. The van der Waals surface area contributed by atoms with Gasteiger partial charge in [0.15, 0.2) is 0 Å². The van der Waals surface area contributed by atoms with E-state index in [1.807, 2.05) is 53.3 Å². The van der Waals surface area contributed by atoms with Gasteiger partial charge in [-0.1, -0.05) is 36.4 Å². The number of nitrogens with one attached hydrogen (secondary N) is 1. The molecule has 0 saturated heterocycles. The Morgan fingerprint density at radius 2 is 1.97 bits per heavy atom. The van der Waals surface area contributed by atoms with Gasteiger partial charge in [0.25, 0.3) is 5.69 Å². The highest BCUT2D eigenvalue weighted by Crippen LogP contribution is 2.24. The van der Waals surface area contributed by atoms with E-state index >= 15 is 0 Å². The Labute approximate surface area is 190 Å². The molecule has 8 nitrogen and oxygen atoms in total. The van der Waals surface area contributed by atoms with Crippen molar-refractivity contribution in [1.82, 2.24) is 14.8 Å². The molecular formula is C25H21N5O3. The van der Waals surface area contributed by atoms with Gasteiger partial charge in [-0.3, -0.25) is 24.6 Å². The summed E-state index contributed by atoms with van der Waals surface area (Å²) in [6.07, 6.45) is 8.35. The van der Waals surface area contributed by atoms with Crippen LogP contribution in [-0.2, 0) is 11.3 Å². The molecular weight excluding hydrogens is 418 g/mol. The second kappa shape index (κ2) is 9.69. The van der Waals surface area contributed by atoms with E-state index < -0.39 is 10.8 Å². The zero-order valence-electron chi connectivity index (χ0n) is 17.9. The predicted molar refractivity (Wildman–Crippen MR) is 126 cm³/mol. The van der Waals surface area contributed by atoms with E-state index in [1.54, 1.807) is 31.5 Å². The van der Waals surface area contributed by atoms with Gasteiger partial charge < -0.3 is 5.32 Å². The van der Waals surface area contributed by atoms with Crippen molar-refractivity contribution < 1.29 is 9.72 Å². The lowest BCUT2D eigenvalue weighted by Crippen LogP contribution is -2.09. The average molecular weight is 439 g/mol. The van der Waals surface area contributed by atoms with Crippen LogP contribution in [0.1, 0.15) is 16.7 Å². The second-order valence-corrected chi connectivity index (χ2v) is 7.44. The lowest BCUT2D eigenvalue weighted by molar-refractivity contribution is -0.384. The Morgan fingerprint density at radius 1 is 1.15 bits per heavy atom. The largest absolute Gasteiger partial charge is 0.322 e. The van der Waals surface area contributed by atoms with Crippen molar-refractivity contribution in [2.75, 3.05) is 5.32 Å². The number of benzene rings is 2. The molecule has 0 aliphatic rings. The van der Waals surface area contributed by atoms with E-state index in [9.17, 15) is 14.9 Å². The molecule has 0 aliphatic heterocycles. The number of nitro groups is 1. The number of carbonyl (C=O) groups is 1. The number of nitro benzene ring substituents is 1. The van der Waals surface area contributed by atoms with Gasteiger partial charge in [0.2, 0.25) is 5.91 Å². The van der Waals surface area contributed by atoms with Crippen LogP contribution < -0.4 is 5.32 Å². The van der Waals surface area contributed by atoms with Crippen molar-refractivity contribution in [1.29, 1.82) is 0 Å². The first-order valence-electron chi connectivity index (χ1n) is 10.3. The smallest absolute Gasteiger partial charge is 0.271 e. The Balaban J connectivity index is 1.59. The number of anilines is 1. The maximum absolute atomic E-state index is 12.6. The molecule has 2 heterocycles. The third-order valence-corrected chi connectivity index (χ3v) is 5.02.